The maximum Gasteiger partial charge on any atom is 0.251 e. The number of hydrogen-bond acceptors (Lipinski definition) is 1. The third-order valence-electron chi connectivity index (χ3n) is 3.12. The summed E-state index contributed by atoms with van der Waals surface area (Å²) >= 11 is 3.37. The minimum absolute atomic E-state index is 0.0420. The zero-order chi connectivity index (χ0) is 11.5. The Morgan fingerprint density at radius 2 is 2.25 bits per heavy atom. The van der Waals surface area contributed by atoms with E-state index in [2.05, 4.69) is 28.2 Å². The molecule has 1 amide bonds. The van der Waals surface area contributed by atoms with Crippen LogP contribution < -0.4 is 5.32 Å². The summed E-state index contributed by atoms with van der Waals surface area (Å²) in [5.74, 6) is 0.785. The smallest absolute Gasteiger partial charge is 0.251 e. The molecule has 1 fully saturated rings. The van der Waals surface area contributed by atoms with E-state index in [9.17, 15) is 4.79 Å². The monoisotopic (exact) mass is 281 g/mol. The Balaban J connectivity index is 1.98. The molecule has 1 saturated carbocycles. The third-order valence-corrected chi connectivity index (χ3v) is 3.61. The molecule has 2 nitrogen and oxygen atoms in total. The summed E-state index contributed by atoms with van der Waals surface area (Å²) < 4.78 is 0.944. The molecule has 86 valence electrons. The second kappa shape index (κ2) is 5.00. The van der Waals surface area contributed by atoms with Gasteiger partial charge in [-0.05, 0) is 43.4 Å². The molecule has 0 bridgehead atoms. The molecule has 1 aliphatic rings. The van der Waals surface area contributed by atoms with E-state index in [-0.39, 0.29) is 5.91 Å². The first-order valence-corrected chi connectivity index (χ1v) is 6.51. The highest BCUT2D eigenvalue weighted by Gasteiger charge is 2.22. The summed E-state index contributed by atoms with van der Waals surface area (Å²) in [4.78, 5) is 11.9. The maximum absolute atomic E-state index is 11.9. The fraction of sp³-hybridized carbons (Fsp3) is 0.462. The summed E-state index contributed by atoms with van der Waals surface area (Å²) in [6, 6.07) is 7.87. The van der Waals surface area contributed by atoms with Gasteiger partial charge in [0.05, 0.1) is 0 Å². The van der Waals surface area contributed by atoms with Crippen LogP contribution >= 0.6 is 15.9 Å². The van der Waals surface area contributed by atoms with Gasteiger partial charge in [-0.15, -0.1) is 0 Å². The van der Waals surface area contributed by atoms with Crippen molar-refractivity contribution in [2.75, 3.05) is 0 Å². The molecule has 0 radical (unpaired) electrons. The number of hydrogen-bond donors (Lipinski definition) is 1. The average Bonchev–Trinajstić information content (AvgIpc) is 2.64. The molecule has 0 spiro atoms. The predicted octanol–water partition coefficient (Wildman–Crippen LogP) is 3.37. The zero-order valence-corrected chi connectivity index (χ0v) is 11.0. The molecule has 2 atom stereocenters. The van der Waals surface area contributed by atoms with Gasteiger partial charge in [0.2, 0.25) is 0 Å². The molecule has 16 heavy (non-hydrogen) atoms. The van der Waals surface area contributed by atoms with Gasteiger partial charge in [0.15, 0.2) is 0 Å². The third kappa shape index (κ3) is 2.85. The summed E-state index contributed by atoms with van der Waals surface area (Å²) in [5.41, 5.74) is 0.730. The first-order valence-electron chi connectivity index (χ1n) is 5.71. The highest BCUT2D eigenvalue weighted by Crippen LogP contribution is 2.24. The van der Waals surface area contributed by atoms with E-state index < -0.39 is 0 Å². The lowest BCUT2D eigenvalue weighted by Crippen LogP contribution is -2.32. The largest absolute Gasteiger partial charge is 0.349 e. The molecule has 0 saturated heterocycles. The molecule has 1 N–H and O–H groups in total. The minimum Gasteiger partial charge on any atom is -0.349 e. The fourth-order valence-electron chi connectivity index (χ4n) is 2.24. The van der Waals surface area contributed by atoms with Crippen molar-refractivity contribution in [2.45, 2.75) is 32.2 Å². The quantitative estimate of drug-likeness (QED) is 0.885. The number of carbonyl (C=O) groups is 1. The number of halogens is 1. The Kier molecular flexibility index (Phi) is 3.64. The molecule has 2 unspecified atom stereocenters. The van der Waals surface area contributed by atoms with Crippen LogP contribution in [0.3, 0.4) is 0 Å². The van der Waals surface area contributed by atoms with E-state index in [0.717, 1.165) is 28.8 Å². The number of nitrogens with one attached hydrogen (secondary N) is 1. The summed E-state index contributed by atoms with van der Waals surface area (Å²) in [7, 11) is 0. The summed E-state index contributed by atoms with van der Waals surface area (Å²) in [6.45, 7) is 2.24. The Morgan fingerprint density at radius 3 is 2.88 bits per heavy atom. The molecule has 1 aliphatic carbocycles. The first-order chi connectivity index (χ1) is 7.65. The molecular weight excluding hydrogens is 266 g/mol. The summed E-state index contributed by atoms with van der Waals surface area (Å²) in [5, 5.41) is 3.09. The van der Waals surface area contributed by atoms with Crippen LogP contribution in [-0.4, -0.2) is 11.9 Å². The van der Waals surface area contributed by atoms with Crippen LogP contribution in [0.25, 0.3) is 0 Å². The molecule has 3 heteroatoms. The molecule has 0 aliphatic heterocycles. The molecular formula is C13H16BrNO. The van der Waals surface area contributed by atoms with Gasteiger partial charge in [-0.25, -0.2) is 0 Å². The standard InChI is InChI=1S/C13H16BrNO/c1-9-5-6-12(7-9)15-13(16)10-3-2-4-11(14)8-10/h2-4,8-9,12H,5-7H2,1H3,(H,15,16). The van der Waals surface area contributed by atoms with Gasteiger partial charge in [-0.3, -0.25) is 4.79 Å². The first kappa shape index (κ1) is 11.6. The van der Waals surface area contributed by atoms with Crippen LogP contribution in [0, 0.1) is 5.92 Å². The van der Waals surface area contributed by atoms with Crippen LogP contribution in [0.15, 0.2) is 28.7 Å². The topological polar surface area (TPSA) is 29.1 Å². The molecule has 0 heterocycles. The second-order valence-corrected chi connectivity index (χ2v) is 5.51. The average molecular weight is 282 g/mol. The van der Waals surface area contributed by atoms with Crippen LogP contribution in [-0.2, 0) is 0 Å². The van der Waals surface area contributed by atoms with Crippen molar-refractivity contribution in [3.8, 4) is 0 Å². The molecule has 2 rings (SSSR count). The second-order valence-electron chi connectivity index (χ2n) is 4.60. The van der Waals surface area contributed by atoms with Gasteiger partial charge in [-0.1, -0.05) is 28.9 Å². The van der Waals surface area contributed by atoms with Crippen molar-refractivity contribution in [1.29, 1.82) is 0 Å². The van der Waals surface area contributed by atoms with Crippen molar-refractivity contribution < 1.29 is 4.79 Å². The normalized spacial score (nSPS) is 24.4. The van der Waals surface area contributed by atoms with Crippen molar-refractivity contribution in [3.05, 3.63) is 34.3 Å². The Morgan fingerprint density at radius 1 is 1.44 bits per heavy atom. The summed E-state index contributed by atoms with van der Waals surface area (Å²) in [6.07, 6.45) is 3.45. The van der Waals surface area contributed by atoms with Crippen LogP contribution in [0.2, 0.25) is 0 Å². The van der Waals surface area contributed by atoms with Crippen LogP contribution in [0.4, 0.5) is 0 Å². The van der Waals surface area contributed by atoms with Crippen molar-refractivity contribution in [2.24, 2.45) is 5.92 Å². The number of rotatable bonds is 2. The minimum atomic E-state index is 0.0420. The van der Waals surface area contributed by atoms with Crippen molar-refractivity contribution >= 4 is 21.8 Å². The van der Waals surface area contributed by atoms with E-state index >= 15 is 0 Å². The highest BCUT2D eigenvalue weighted by molar-refractivity contribution is 9.10. The fourth-order valence-corrected chi connectivity index (χ4v) is 2.64. The van der Waals surface area contributed by atoms with Crippen LogP contribution in [0.1, 0.15) is 36.5 Å². The Hall–Kier alpha value is -0.830. The lowest BCUT2D eigenvalue weighted by atomic mass is 10.1. The van der Waals surface area contributed by atoms with E-state index in [1.54, 1.807) is 0 Å². The van der Waals surface area contributed by atoms with Gasteiger partial charge in [0.1, 0.15) is 0 Å². The van der Waals surface area contributed by atoms with E-state index in [0.29, 0.717) is 6.04 Å². The van der Waals surface area contributed by atoms with E-state index in [1.807, 2.05) is 24.3 Å². The molecule has 1 aromatic carbocycles. The van der Waals surface area contributed by atoms with Gasteiger partial charge >= 0.3 is 0 Å². The zero-order valence-electron chi connectivity index (χ0n) is 9.37. The number of carbonyl (C=O) groups excluding carboxylic acids is 1. The number of benzene rings is 1. The number of amides is 1. The molecule has 1 aromatic rings. The maximum atomic E-state index is 11.9. The van der Waals surface area contributed by atoms with Crippen LogP contribution in [0.5, 0.6) is 0 Å². The Labute approximate surface area is 105 Å². The predicted molar refractivity (Wildman–Crippen MR) is 68.4 cm³/mol. The van der Waals surface area contributed by atoms with E-state index in [1.165, 1.54) is 6.42 Å². The van der Waals surface area contributed by atoms with Gasteiger partial charge in [0, 0.05) is 16.1 Å². The van der Waals surface area contributed by atoms with Crippen molar-refractivity contribution in [3.63, 3.8) is 0 Å². The van der Waals surface area contributed by atoms with E-state index in [4.69, 9.17) is 0 Å². The molecule has 0 aromatic heterocycles. The SMILES string of the molecule is CC1CCC(NC(=O)c2cccc(Br)c2)C1. The van der Waals surface area contributed by atoms with Gasteiger partial charge < -0.3 is 5.32 Å². The lowest BCUT2D eigenvalue weighted by molar-refractivity contribution is 0.0937. The van der Waals surface area contributed by atoms with Gasteiger partial charge in [-0.2, -0.15) is 0 Å². The lowest BCUT2D eigenvalue weighted by Gasteiger charge is -2.12. The highest BCUT2D eigenvalue weighted by atomic mass is 79.9. The van der Waals surface area contributed by atoms with Gasteiger partial charge in [0.25, 0.3) is 5.91 Å². The van der Waals surface area contributed by atoms with Crippen molar-refractivity contribution in [1.82, 2.24) is 5.32 Å². The Bertz CT molecular complexity index is 391.